The molecular weight excluding hydrogens is 304 g/mol. The zero-order chi connectivity index (χ0) is 17.2. The zero-order valence-corrected chi connectivity index (χ0v) is 13.2. The standard InChI is InChI=1S/C18H18N4O2/c19-10-14-16(23)21-17(24)15(11-20)18(14)6-8-22(9-7-18)12-13-4-2-1-3-5-13/h1-5,14-15H,6-9,12H2,(H,21,23,24)/t14-,15-/m1/s1. The zero-order valence-electron chi connectivity index (χ0n) is 13.2. The third kappa shape index (κ3) is 2.66. The molecule has 2 amide bonds. The summed E-state index contributed by atoms with van der Waals surface area (Å²) in [4.78, 5) is 26.4. The van der Waals surface area contributed by atoms with E-state index >= 15 is 0 Å². The minimum atomic E-state index is -0.946. The highest BCUT2D eigenvalue weighted by molar-refractivity contribution is 6.03. The van der Waals surface area contributed by atoms with E-state index in [1.165, 1.54) is 5.56 Å². The van der Waals surface area contributed by atoms with Crippen molar-refractivity contribution in [3.05, 3.63) is 35.9 Å². The van der Waals surface area contributed by atoms with E-state index < -0.39 is 29.1 Å². The fraction of sp³-hybridized carbons (Fsp3) is 0.444. The first-order valence-electron chi connectivity index (χ1n) is 8.01. The largest absolute Gasteiger partial charge is 0.299 e. The van der Waals surface area contributed by atoms with Crippen molar-refractivity contribution < 1.29 is 9.59 Å². The maximum atomic E-state index is 12.1. The smallest absolute Gasteiger partial charge is 0.244 e. The van der Waals surface area contributed by atoms with Crippen LogP contribution in [0.25, 0.3) is 0 Å². The van der Waals surface area contributed by atoms with Gasteiger partial charge >= 0.3 is 0 Å². The van der Waals surface area contributed by atoms with E-state index in [2.05, 4.69) is 22.3 Å². The van der Waals surface area contributed by atoms with Gasteiger partial charge in [0.15, 0.2) is 0 Å². The average Bonchev–Trinajstić information content (AvgIpc) is 2.58. The Kier molecular flexibility index (Phi) is 4.33. The van der Waals surface area contributed by atoms with Crippen LogP contribution in [0.2, 0.25) is 0 Å². The van der Waals surface area contributed by atoms with E-state index in [-0.39, 0.29) is 0 Å². The number of hydrogen-bond acceptors (Lipinski definition) is 5. The third-order valence-corrected chi connectivity index (χ3v) is 5.21. The number of amides is 2. The molecule has 24 heavy (non-hydrogen) atoms. The molecule has 0 bridgehead atoms. The predicted octanol–water partition coefficient (Wildman–Crippen LogP) is 1.20. The lowest BCUT2D eigenvalue weighted by molar-refractivity contribution is -0.147. The van der Waals surface area contributed by atoms with Crippen LogP contribution >= 0.6 is 0 Å². The molecule has 0 unspecified atom stereocenters. The van der Waals surface area contributed by atoms with Crippen LogP contribution in [0.1, 0.15) is 18.4 Å². The molecule has 2 heterocycles. The summed E-state index contributed by atoms with van der Waals surface area (Å²) in [6.45, 7) is 2.10. The molecule has 2 atom stereocenters. The van der Waals surface area contributed by atoms with Gasteiger partial charge in [-0.05, 0) is 31.5 Å². The molecule has 0 saturated carbocycles. The molecule has 3 rings (SSSR count). The highest BCUT2D eigenvalue weighted by Crippen LogP contribution is 2.47. The summed E-state index contributed by atoms with van der Waals surface area (Å²) >= 11 is 0. The van der Waals surface area contributed by atoms with E-state index in [1.54, 1.807) is 0 Å². The molecule has 2 fully saturated rings. The van der Waals surface area contributed by atoms with Crippen molar-refractivity contribution >= 4 is 11.8 Å². The third-order valence-electron chi connectivity index (χ3n) is 5.21. The Balaban J connectivity index is 1.78. The van der Waals surface area contributed by atoms with E-state index in [0.717, 1.165) is 6.54 Å². The summed E-state index contributed by atoms with van der Waals surface area (Å²) in [5, 5.41) is 21.0. The first-order valence-corrected chi connectivity index (χ1v) is 8.01. The average molecular weight is 322 g/mol. The number of carbonyl (C=O) groups excluding carboxylic acids is 2. The second kappa shape index (κ2) is 6.43. The molecule has 6 heteroatoms. The normalized spacial score (nSPS) is 26.4. The highest BCUT2D eigenvalue weighted by Gasteiger charge is 2.57. The molecule has 6 nitrogen and oxygen atoms in total. The SMILES string of the molecule is N#C[C@@H]1C(=O)NC(=O)[C@@H](C#N)C12CCN(Cc1ccccc1)CC2. The summed E-state index contributed by atoms with van der Waals surface area (Å²) in [7, 11) is 0. The Morgan fingerprint density at radius 2 is 1.58 bits per heavy atom. The van der Waals surface area contributed by atoms with Crippen molar-refractivity contribution in [3.8, 4) is 12.1 Å². The van der Waals surface area contributed by atoms with Crippen LogP contribution in [-0.4, -0.2) is 29.8 Å². The lowest BCUT2D eigenvalue weighted by Crippen LogP contribution is -2.60. The van der Waals surface area contributed by atoms with Crippen LogP contribution in [0.3, 0.4) is 0 Å². The molecule has 1 N–H and O–H groups in total. The number of piperidine rings is 2. The maximum Gasteiger partial charge on any atom is 0.244 e. The first-order chi connectivity index (χ1) is 11.6. The number of nitrogens with one attached hydrogen (secondary N) is 1. The number of rotatable bonds is 2. The van der Waals surface area contributed by atoms with Gasteiger partial charge in [0.1, 0.15) is 11.8 Å². The number of likely N-dealkylation sites (tertiary alicyclic amines) is 1. The predicted molar refractivity (Wildman–Crippen MR) is 84.7 cm³/mol. The Hall–Kier alpha value is -2.70. The molecule has 2 saturated heterocycles. The van der Waals surface area contributed by atoms with Crippen molar-refractivity contribution in [2.75, 3.05) is 13.1 Å². The number of carbonyl (C=O) groups is 2. The fourth-order valence-electron chi connectivity index (χ4n) is 3.88. The molecule has 1 aromatic rings. The topological polar surface area (TPSA) is 97.0 Å². The van der Waals surface area contributed by atoms with Gasteiger partial charge in [-0.15, -0.1) is 0 Å². The van der Waals surface area contributed by atoms with Gasteiger partial charge in [-0.3, -0.25) is 19.8 Å². The number of nitrogens with zero attached hydrogens (tertiary/aromatic N) is 3. The minimum absolute atomic E-state index is 0.495. The molecule has 2 aliphatic rings. The number of hydrogen-bond donors (Lipinski definition) is 1. The van der Waals surface area contributed by atoms with Gasteiger partial charge in [-0.2, -0.15) is 10.5 Å². The van der Waals surface area contributed by atoms with Crippen molar-refractivity contribution in [2.45, 2.75) is 19.4 Å². The summed E-state index contributed by atoms with van der Waals surface area (Å²) in [5.74, 6) is -3.02. The molecular formula is C18H18N4O2. The molecule has 1 spiro atoms. The van der Waals surface area contributed by atoms with Gasteiger partial charge in [0.2, 0.25) is 11.8 Å². The number of imide groups is 1. The highest BCUT2D eigenvalue weighted by atomic mass is 16.2. The van der Waals surface area contributed by atoms with Crippen molar-refractivity contribution in [3.63, 3.8) is 0 Å². The van der Waals surface area contributed by atoms with Crippen LogP contribution in [0.15, 0.2) is 30.3 Å². The van der Waals surface area contributed by atoms with Crippen molar-refractivity contribution in [2.24, 2.45) is 17.3 Å². The van der Waals surface area contributed by atoms with Crippen LogP contribution in [0.5, 0.6) is 0 Å². The second-order valence-electron chi connectivity index (χ2n) is 6.47. The lowest BCUT2D eigenvalue weighted by atomic mass is 9.59. The Morgan fingerprint density at radius 1 is 1.04 bits per heavy atom. The van der Waals surface area contributed by atoms with Gasteiger partial charge in [-0.25, -0.2) is 0 Å². The second-order valence-corrected chi connectivity index (χ2v) is 6.47. The van der Waals surface area contributed by atoms with E-state index in [4.69, 9.17) is 0 Å². The van der Waals surface area contributed by atoms with Gasteiger partial charge in [0.05, 0.1) is 12.1 Å². The molecule has 0 radical (unpaired) electrons. The lowest BCUT2D eigenvalue weighted by Gasteiger charge is -2.47. The Bertz CT molecular complexity index is 690. The number of nitriles is 2. The van der Waals surface area contributed by atoms with Crippen LogP contribution in [0.4, 0.5) is 0 Å². The first kappa shape index (κ1) is 16.2. The number of benzene rings is 1. The molecule has 1 aromatic carbocycles. The molecule has 2 aliphatic heterocycles. The monoisotopic (exact) mass is 322 g/mol. The van der Waals surface area contributed by atoms with Gasteiger partial charge < -0.3 is 0 Å². The Morgan fingerprint density at radius 3 is 2.08 bits per heavy atom. The van der Waals surface area contributed by atoms with E-state index in [1.807, 2.05) is 30.3 Å². The summed E-state index contributed by atoms with van der Waals surface area (Å²) in [6, 6.07) is 14.1. The minimum Gasteiger partial charge on any atom is -0.299 e. The summed E-state index contributed by atoms with van der Waals surface area (Å²) < 4.78 is 0. The van der Waals surface area contributed by atoms with Crippen molar-refractivity contribution in [1.82, 2.24) is 10.2 Å². The maximum absolute atomic E-state index is 12.1. The fourth-order valence-corrected chi connectivity index (χ4v) is 3.88. The van der Waals surface area contributed by atoms with Gasteiger partial charge in [0, 0.05) is 12.0 Å². The van der Waals surface area contributed by atoms with Crippen LogP contribution in [0, 0.1) is 39.9 Å². The molecule has 0 aliphatic carbocycles. The van der Waals surface area contributed by atoms with Gasteiger partial charge in [-0.1, -0.05) is 30.3 Å². The summed E-state index contributed by atoms with van der Waals surface area (Å²) in [6.07, 6.45) is 0.991. The van der Waals surface area contributed by atoms with E-state index in [9.17, 15) is 20.1 Å². The van der Waals surface area contributed by atoms with E-state index in [0.29, 0.717) is 25.9 Å². The van der Waals surface area contributed by atoms with Crippen molar-refractivity contribution in [1.29, 1.82) is 10.5 Å². The summed E-state index contributed by atoms with van der Waals surface area (Å²) in [5.41, 5.74) is 0.329. The molecule has 0 aromatic heterocycles. The quantitative estimate of drug-likeness (QED) is 0.825. The molecule has 122 valence electrons. The Labute approximate surface area is 140 Å². The van der Waals surface area contributed by atoms with Crippen LogP contribution < -0.4 is 5.32 Å². The van der Waals surface area contributed by atoms with Crippen LogP contribution in [-0.2, 0) is 16.1 Å². The van der Waals surface area contributed by atoms with Gasteiger partial charge in [0.25, 0.3) is 0 Å².